The number of nitrogens with one attached hydrogen (secondary N) is 1. The van der Waals surface area contributed by atoms with Crippen LogP contribution in [0.1, 0.15) is 61.0 Å². The number of amides is 2. The summed E-state index contributed by atoms with van der Waals surface area (Å²) in [5.41, 5.74) is 2.42. The minimum atomic E-state index is -0.0582. The molecule has 1 saturated heterocycles. The molecule has 0 bridgehead atoms. The minimum Gasteiger partial charge on any atom is -0.349 e. The quantitative estimate of drug-likeness (QED) is 0.885. The second-order valence-corrected chi connectivity index (χ2v) is 7.91. The van der Waals surface area contributed by atoms with Crippen molar-refractivity contribution in [1.82, 2.24) is 20.0 Å². The zero-order valence-corrected chi connectivity index (χ0v) is 16.4. The summed E-state index contributed by atoms with van der Waals surface area (Å²) in [4.78, 5) is 27.0. The molecule has 0 spiro atoms. The van der Waals surface area contributed by atoms with Gasteiger partial charge in [-0.3, -0.25) is 9.59 Å². The van der Waals surface area contributed by atoms with Crippen molar-refractivity contribution in [3.63, 3.8) is 0 Å². The minimum absolute atomic E-state index is 0.0582. The SMILES string of the molecule is Cc1c(C(=O)NC2CCC(N3CCCCC3=O)CC2)cnn1-c1ccccc1. The molecule has 2 amide bonds. The second kappa shape index (κ2) is 8.17. The predicted molar refractivity (Wildman–Crippen MR) is 107 cm³/mol. The Morgan fingerprint density at radius 1 is 1.11 bits per heavy atom. The van der Waals surface area contributed by atoms with Crippen LogP contribution < -0.4 is 5.32 Å². The van der Waals surface area contributed by atoms with Gasteiger partial charge in [0.1, 0.15) is 0 Å². The van der Waals surface area contributed by atoms with Crippen molar-refractivity contribution in [1.29, 1.82) is 0 Å². The predicted octanol–water partition coefficient (Wildman–Crippen LogP) is 3.23. The average molecular weight is 380 g/mol. The van der Waals surface area contributed by atoms with Crippen LogP contribution in [0.2, 0.25) is 0 Å². The van der Waals surface area contributed by atoms with Gasteiger partial charge in [-0.1, -0.05) is 18.2 Å². The standard InChI is InChI=1S/C22H28N4O2/c1-16-20(15-23-26(16)19-7-3-2-4-8-19)22(28)24-17-10-12-18(13-11-17)25-14-6-5-9-21(25)27/h2-4,7-8,15,17-18H,5-6,9-14H2,1H3,(H,24,28). The molecule has 1 N–H and O–H groups in total. The Morgan fingerprint density at radius 2 is 1.86 bits per heavy atom. The van der Waals surface area contributed by atoms with Crippen LogP contribution in [0.25, 0.3) is 5.69 Å². The maximum absolute atomic E-state index is 12.8. The number of benzene rings is 1. The van der Waals surface area contributed by atoms with E-state index in [1.807, 2.05) is 37.3 Å². The van der Waals surface area contributed by atoms with Gasteiger partial charge in [0.2, 0.25) is 5.91 Å². The topological polar surface area (TPSA) is 67.2 Å². The van der Waals surface area contributed by atoms with Gasteiger partial charge >= 0.3 is 0 Å². The number of carbonyl (C=O) groups is 2. The van der Waals surface area contributed by atoms with E-state index in [0.29, 0.717) is 23.9 Å². The van der Waals surface area contributed by atoms with E-state index in [-0.39, 0.29) is 11.9 Å². The lowest BCUT2D eigenvalue weighted by Crippen LogP contribution is -2.47. The maximum Gasteiger partial charge on any atom is 0.254 e. The third-order valence-corrected chi connectivity index (χ3v) is 6.09. The number of para-hydroxylation sites is 1. The van der Waals surface area contributed by atoms with Crippen molar-refractivity contribution in [2.75, 3.05) is 6.54 Å². The first-order chi connectivity index (χ1) is 13.6. The van der Waals surface area contributed by atoms with Crippen molar-refractivity contribution in [3.8, 4) is 5.69 Å². The molecule has 0 atom stereocenters. The highest BCUT2D eigenvalue weighted by Crippen LogP contribution is 2.26. The van der Waals surface area contributed by atoms with E-state index in [0.717, 1.165) is 56.5 Å². The smallest absolute Gasteiger partial charge is 0.254 e. The fourth-order valence-corrected chi connectivity index (χ4v) is 4.47. The fraction of sp³-hybridized carbons (Fsp3) is 0.500. The molecule has 1 aliphatic carbocycles. The number of hydrogen-bond acceptors (Lipinski definition) is 3. The Labute approximate surface area is 165 Å². The van der Waals surface area contributed by atoms with Crippen LogP contribution in [-0.2, 0) is 4.79 Å². The first-order valence-corrected chi connectivity index (χ1v) is 10.3. The Morgan fingerprint density at radius 3 is 2.57 bits per heavy atom. The Balaban J connectivity index is 1.35. The number of nitrogens with zero attached hydrogens (tertiary/aromatic N) is 3. The van der Waals surface area contributed by atoms with Crippen molar-refractivity contribution >= 4 is 11.8 Å². The van der Waals surface area contributed by atoms with Gasteiger partial charge < -0.3 is 10.2 Å². The molecule has 148 valence electrons. The molecule has 2 fully saturated rings. The number of carbonyl (C=O) groups excluding carboxylic acids is 2. The summed E-state index contributed by atoms with van der Waals surface area (Å²) in [5.74, 6) is 0.250. The Kier molecular flexibility index (Phi) is 5.46. The Bertz CT molecular complexity index is 837. The van der Waals surface area contributed by atoms with E-state index in [1.165, 1.54) is 0 Å². The highest BCUT2D eigenvalue weighted by molar-refractivity contribution is 5.95. The van der Waals surface area contributed by atoms with Crippen molar-refractivity contribution in [3.05, 3.63) is 47.8 Å². The zero-order chi connectivity index (χ0) is 19.5. The molecule has 1 saturated carbocycles. The van der Waals surface area contributed by atoms with Crippen LogP contribution in [0.4, 0.5) is 0 Å². The number of aromatic nitrogens is 2. The highest BCUT2D eigenvalue weighted by Gasteiger charge is 2.31. The molecule has 6 nitrogen and oxygen atoms in total. The molecule has 1 aliphatic heterocycles. The largest absolute Gasteiger partial charge is 0.349 e. The first-order valence-electron chi connectivity index (χ1n) is 10.3. The monoisotopic (exact) mass is 380 g/mol. The first kappa shape index (κ1) is 18.7. The summed E-state index contributed by atoms with van der Waals surface area (Å²) in [6, 6.07) is 10.4. The van der Waals surface area contributed by atoms with Gasteiger partial charge in [0.25, 0.3) is 5.91 Å². The molecule has 1 aromatic carbocycles. The van der Waals surface area contributed by atoms with Crippen LogP contribution in [0.5, 0.6) is 0 Å². The molecule has 0 unspecified atom stereocenters. The fourth-order valence-electron chi connectivity index (χ4n) is 4.47. The van der Waals surface area contributed by atoms with E-state index >= 15 is 0 Å². The normalized spacial score (nSPS) is 22.9. The van der Waals surface area contributed by atoms with Crippen LogP contribution in [0, 0.1) is 6.92 Å². The maximum atomic E-state index is 12.8. The summed E-state index contributed by atoms with van der Waals surface area (Å²) < 4.78 is 1.80. The van der Waals surface area contributed by atoms with Gasteiger partial charge in [0.15, 0.2) is 0 Å². The van der Waals surface area contributed by atoms with Gasteiger partial charge in [0, 0.05) is 25.0 Å². The molecule has 6 heteroatoms. The van der Waals surface area contributed by atoms with Crippen LogP contribution in [0.3, 0.4) is 0 Å². The van der Waals surface area contributed by atoms with Crippen molar-refractivity contribution in [2.45, 2.75) is 64.0 Å². The third kappa shape index (κ3) is 3.81. The van der Waals surface area contributed by atoms with Gasteiger partial charge in [0.05, 0.1) is 23.1 Å². The molecule has 4 rings (SSSR count). The summed E-state index contributed by atoms with van der Waals surface area (Å²) in [7, 11) is 0. The van der Waals surface area contributed by atoms with Gasteiger partial charge in [-0.15, -0.1) is 0 Å². The summed E-state index contributed by atoms with van der Waals surface area (Å²) >= 11 is 0. The molecule has 28 heavy (non-hydrogen) atoms. The Hall–Kier alpha value is -2.63. The molecule has 2 heterocycles. The van der Waals surface area contributed by atoms with E-state index in [4.69, 9.17) is 0 Å². The van der Waals surface area contributed by atoms with Crippen molar-refractivity contribution < 1.29 is 9.59 Å². The summed E-state index contributed by atoms with van der Waals surface area (Å²) in [6.45, 7) is 2.83. The molecule has 1 aromatic heterocycles. The van der Waals surface area contributed by atoms with E-state index in [2.05, 4.69) is 15.3 Å². The number of piperidine rings is 1. The van der Waals surface area contributed by atoms with Gasteiger partial charge in [-0.25, -0.2) is 4.68 Å². The van der Waals surface area contributed by atoms with Gasteiger partial charge in [-0.2, -0.15) is 5.10 Å². The molecule has 0 radical (unpaired) electrons. The van der Waals surface area contributed by atoms with E-state index in [9.17, 15) is 9.59 Å². The van der Waals surface area contributed by atoms with E-state index in [1.54, 1.807) is 10.9 Å². The second-order valence-electron chi connectivity index (χ2n) is 7.91. The van der Waals surface area contributed by atoms with Crippen LogP contribution in [-0.4, -0.2) is 45.1 Å². The highest BCUT2D eigenvalue weighted by atomic mass is 16.2. The van der Waals surface area contributed by atoms with E-state index < -0.39 is 0 Å². The lowest BCUT2D eigenvalue weighted by atomic mass is 9.89. The summed E-state index contributed by atoms with van der Waals surface area (Å²) in [5, 5.41) is 7.57. The molecule has 2 aliphatic rings. The molecular formula is C22H28N4O2. The lowest BCUT2D eigenvalue weighted by molar-refractivity contribution is -0.136. The summed E-state index contributed by atoms with van der Waals surface area (Å²) in [6.07, 6.45) is 8.27. The van der Waals surface area contributed by atoms with Crippen LogP contribution in [0.15, 0.2) is 36.5 Å². The third-order valence-electron chi connectivity index (χ3n) is 6.09. The van der Waals surface area contributed by atoms with Crippen LogP contribution >= 0.6 is 0 Å². The van der Waals surface area contributed by atoms with Gasteiger partial charge in [-0.05, 0) is 57.6 Å². The zero-order valence-electron chi connectivity index (χ0n) is 16.4. The molecule has 2 aromatic rings. The average Bonchev–Trinajstić information content (AvgIpc) is 3.11. The lowest BCUT2D eigenvalue weighted by Gasteiger charge is -2.39. The van der Waals surface area contributed by atoms with Crippen molar-refractivity contribution in [2.24, 2.45) is 0 Å². The number of rotatable bonds is 4. The number of hydrogen-bond donors (Lipinski definition) is 1. The molecular weight excluding hydrogens is 352 g/mol. The number of likely N-dealkylation sites (tertiary alicyclic amines) is 1.